The van der Waals surface area contributed by atoms with Gasteiger partial charge < -0.3 is 24.8 Å². The van der Waals surface area contributed by atoms with Crippen molar-refractivity contribution < 1.29 is 19.0 Å². The summed E-state index contributed by atoms with van der Waals surface area (Å²) in [6.07, 6.45) is 3.63. The van der Waals surface area contributed by atoms with Gasteiger partial charge in [0.2, 0.25) is 0 Å². The van der Waals surface area contributed by atoms with Crippen LogP contribution in [-0.4, -0.2) is 30.9 Å². The molecule has 6 heteroatoms. The summed E-state index contributed by atoms with van der Waals surface area (Å²) in [5.41, 5.74) is 2.34. The van der Waals surface area contributed by atoms with Crippen LogP contribution in [0.3, 0.4) is 0 Å². The van der Waals surface area contributed by atoms with Gasteiger partial charge in [0.1, 0.15) is 18.8 Å². The van der Waals surface area contributed by atoms with Crippen molar-refractivity contribution in [1.29, 1.82) is 0 Å². The molecule has 0 radical (unpaired) electrons. The molecule has 0 aromatic heterocycles. The number of anilines is 1. The Labute approximate surface area is 170 Å². The summed E-state index contributed by atoms with van der Waals surface area (Å²) in [4.78, 5) is 12.6. The summed E-state index contributed by atoms with van der Waals surface area (Å²) in [6, 6.07) is 13.3. The molecule has 4 rings (SSSR count). The molecule has 152 valence electrons. The van der Waals surface area contributed by atoms with Gasteiger partial charge in [0.15, 0.2) is 11.5 Å². The van der Waals surface area contributed by atoms with Crippen molar-refractivity contribution in [3.63, 3.8) is 0 Å². The van der Waals surface area contributed by atoms with Crippen LogP contribution >= 0.6 is 0 Å². The van der Waals surface area contributed by atoms with Crippen molar-refractivity contribution in [1.82, 2.24) is 5.32 Å². The highest BCUT2D eigenvalue weighted by Crippen LogP contribution is 2.39. The van der Waals surface area contributed by atoms with Crippen LogP contribution in [0.25, 0.3) is 6.08 Å². The van der Waals surface area contributed by atoms with Crippen molar-refractivity contribution in [2.75, 3.05) is 18.5 Å². The molecule has 6 nitrogen and oxygen atoms in total. The van der Waals surface area contributed by atoms with Crippen LogP contribution in [0, 0.1) is 0 Å². The van der Waals surface area contributed by atoms with Gasteiger partial charge in [-0.25, -0.2) is 4.79 Å². The largest absolute Gasteiger partial charge is 0.486 e. The summed E-state index contributed by atoms with van der Waals surface area (Å²) in [5, 5.41) is 6.53. The molecule has 0 unspecified atom stereocenters. The van der Waals surface area contributed by atoms with Crippen LogP contribution in [0.1, 0.15) is 37.9 Å². The highest BCUT2D eigenvalue weighted by atomic mass is 16.6. The SMILES string of the molecule is CC(C)(C)OC(=O)N[C@H]1c2cc3c(cc2C=C[C@@H]1Nc1ccccc1)OCCO3. The number of alkyl carbamates (subject to hydrolysis) is 1. The average Bonchev–Trinajstić information content (AvgIpc) is 2.68. The first-order valence-corrected chi connectivity index (χ1v) is 9.82. The van der Waals surface area contributed by atoms with E-state index < -0.39 is 11.7 Å². The number of carbonyl (C=O) groups excluding carboxylic acids is 1. The number of carbonyl (C=O) groups is 1. The molecule has 1 heterocycles. The Hall–Kier alpha value is -3.15. The van der Waals surface area contributed by atoms with Gasteiger partial charge in [-0.1, -0.05) is 30.4 Å². The molecule has 2 atom stereocenters. The van der Waals surface area contributed by atoms with Crippen molar-refractivity contribution in [3.8, 4) is 11.5 Å². The lowest BCUT2D eigenvalue weighted by Gasteiger charge is -2.33. The Kier molecular flexibility index (Phi) is 5.09. The number of rotatable bonds is 3. The third-order valence-electron chi connectivity index (χ3n) is 4.70. The topological polar surface area (TPSA) is 68.8 Å². The molecule has 1 aliphatic carbocycles. The van der Waals surface area contributed by atoms with Crippen molar-refractivity contribution in [2.24, 2.45) is 0 Å². The summed E-state index contributed by atoms with van der Waals surface area (Å²) in [6.45, 7) is 6.60. The molecule has 0 fully saturated rings. The summed E-state index contributed by atoms with van der Waals surface area (Å²) in [5.74, 6) is 1.42. The minimum absolute atomic E-state index is 0.153. The minimum atomic E-state index is -0.577. The molecule has 2 aliphatic rings. The van der Waals surface area contributed by atoms with Crippen LogP contribution in [0.5, 0.6) is 11.5 Å². The van der Waals surface area contributed by atoms with Crippen LogP contribution in [0.2, 0.25) is 0 Å². The molecule has 0 saturated carbocycles. The molecule has 29 heavy (non-hydrogen) atoms. The maximum Gasteiger partial charge on any atom is 0.408 e. The van der Waals surface area contributed by atoms with Crippen LogP contribution in [0.15, 0.2) is 48.5 Å². The number of hydrogen-bond acceptors (Lipinski definition) is 5. The first kappa shape index (κ1) is 19.2. The zero-order valence-corrected chi connectivity index (χ0v) is 16.9. The molecule has 2 aromatic carbocycles. The summed E-state index contributed by atoms with van der Waals surface area (Å²) < 4.78 is 17.0. The highest BCUT2D eigenvalue weighted by molar-refractivity contribution is 5.72. The second-order valence-electron chi connectivity index (χ2n) is 8.14. The van der Waals surface area contributed by atoms with E-state index in [1.807, 2.05) is 75.4 Å². The number of amides is 1. The van der Waals surface area contributed by atoms with E-state index in [0.29, 0.717) is 19.0 Å². The Morgan fingerprint density at radius 3 is 2.45 bits per heavy atom. The first-order chi connectivity index (χ1) is 13.9. The predicted octanol–water partition coefficient (Wildman–Crippen LogP) is 4.53. The molecule has 0 saturated heterocycles. The third kappa shape index (κ3) is 4.47. The van der Waals surface area contributed by atoms with E-state index in [1.54, 1.807) is 0 Å². The zero-order chi connectivity index (χ0) is 20.4. The molecule has 2 aromatic rings. The fraction of sp³-hybridized carbons (Fsp3) is 0.348. The molecule has 0 bridgehead atoms. The van der Waals surface area contributed by atoms with Gasteiger partial charge in [-0.3, -0.25) is 0 Å². The lowest BCUT2D eigenvalue weighted by molar-refractivity contribution is 0.0501. The van der Waals surface area contributed by atoms with Gasteiger partial charge in [-0.05, 0) is 56.2 Å². The lowest BCUT2D eigenvalue weighted by atomic mass is 9.88. The van der Waals surface area contributed by atoms with Crippen LogP contribution in [0.4, 0.5) is 10.5 Å². The summed E-state index contributed by atoms with van der Waals surface area (Å²) >= 11 is 0. The van der Waals surface area contributed by atoms with E-state index in [-0.39, 0.29) is 12.1 Å². The summed E-state index contributed by atoms with van der Waals surface area (Å²) in [7, 11) is 0. The monoisotopic (exact) mass is 394 g/mol. The number of fused-ring (bicyclic) bond motifs is 2. The quantitative estimate of drug-likeness (QED) is 0.800. The van der Waals surface area contributed by atoms with E-state index in [2.05, 4.69) is 10.6 Å². The number of hydrogen-bond donors (Lipinski definition) is 2. The maximum absolute atomic E-state index is 12.6. The second kappa shape index (κ2) is 7.70. The maximum atomic E-state index is 12.6. The zero-order valence-electron chi connectivity index (χ0n) is 16.9. The van der Waals surface area contributed by atoms with Gasteiger partial charge >= 0.3 is 6.09 Å². The fourth-order valence-electron chi connectivity index (χ4n) is 3.51. The Balaban J connectivity index is 1.66. The Morgan fingerprint density at radius 2 is 1.76 bits per heavy atom. The molecular formula is C23H26N2O4. The Morgan fingerprint density at radius 1 is 1.07 bits per heavy atom. The van der Waals surface area contributed by atoms with Crippen molar-refractivity contribution in [2.45, 2.75) is 38.5 Å². The molecule has 1 amide bonds. The number of para-hydroxylation sites is 1. The first-order valence-electron chi connectivity index (χ1n) is 9.82. The lowest BCUT2D eigenvalue weighted by Crippen LogP contribution is -2.43. The van der Waals surface area contributed by atoms with Crippen molar-refractivity contribution in [3.05, 3.63) is 59.7 Å². The van der Waals surface area contributed by atoms with Gasteiger partial charge in [0, 0.05) is 5.69 Å². The highest BCUT2D eigenvalue weighted by Gasteiger charge is 2.31. The number of ether oxygens (including phenoxy) is 3. The van der Waals surface area contributed by atoms with Crippen LogP contribution in [-0.2, 0) is 4.74 Å². The van der Waals surface area contributed by atoms with E-state index in [1.165, 1.54) is 0 Å². The standard InChI is InChI=1S/C23H26N2O4/c1-23(2,3)29-22(26)25-21-17-14-20-19(27-11-12-28-20)13-15(17)9-10-18(21)24-16-7-5-4-6-8-16/h4-10,13-14,18,21,24H,11-12H2,1-3H3,(H,25,26)/t18-,21-/m0/s1. The fourth-order valence-corrected chi connectivity index (χ4v) is 3.51. The smallest absolute Gasteiger partial charge is 0.408 e. The Bertz CT molecular complexity index is 918. The second-order valence-corrected chi connectivity index (χ2v) is 8.14. The number of nitrogens with one attached hydrogen (secondary N) is 2. The molecule has 1 aliphatic heterocycles. The van der Waals surface area contributed by atoms with Gasteiger partial charge in [0.25, 0.3) is 0 Å². The van der Waals surface area contributed by atoms with Crippen molar-refractivity contribution >= 4 is 17.9 Å². The van der Waals surface area contributed by atoms with Gasteiger partial charge in [0.05, 0.1) is 12.1 Å². The molecule has 0 spiro atoms. The molecular weight excluding hydrogens is 368 g/mol. The minimum Gasteiger partial charge on any atom is -0.486 e. The van der Waals surface area contributed by atoms with E-state index in [4.69, 9.17) is 14.2 Å². The van der Waals surface area contributed by atoms with Gasteiger partial charge in [-0.2, -0.15) is 0 Å². The molecule has 2 N–H and O–H groups in total. The third-order valence-corrected chi connectivity index (χ3v) is 4.70. The van der Waals surface area contributed by atoms with E-state index in [0.717, 1.165) is 22.6 Å². The number of benzene rings is 2. The van der Waals surface area contributed by atoms with E-state index >= 15 is 0 Å². The predicted molar refractivity (Wildman–Crippen MR) is 112 cm³/mol. The van der Waals surface area contributed by atoms with Gasteiger partial charge in [-0.15, -0.1) is 0 Å². The average molecular weight is 394 g/mol. The van der Waals surface area contributed by atoms with E-state index in [9.17, 15) is 4.79 Å². The normalized spacial score (nSPS) is 19.8. The van der Waals surface area contributed by atoms with Crippen LogP contribution < -0.4 is 20.1 Å².